The van der Waals surface area contributed by atoms with Gasteiger partial charge in [-0.15, -0.1) is 11.3 Å². The molecule has 36 heavy (non-hydrogen) atoms. The summed E-state index contributed by atoms with van der Waals surface area (Å²) in [5.74, 6) is 2.26. The van der Waals surface area contributed by atoms with Gasteiger partial charge < -0.3 is 19.9 Å². The van der Waals surface area contributed by atoms with E-state index in [9.17, 15) is 4.79 Å². The van der Waals surface area contributed by atoms with Gasteiger partial charge in [-0.2, -0.15) is 4.98 Å². The summed E-state index contributed by atoms with van der Waals surface area (Å²) >= 11 is 1.49. The molecule has 10 heteroatoms. The van der Waals surface area contributed by atoms with Gasteiger partial charge in [-0.05, 0) is 77.4 Å². The SMILES string of the molecule is COc1cc(C2CCN(C)CC2)ccc1Nc1ncc2c(n1)N(C)c1sc(C)nc1C(=O)N2C(C)C. The van der Waals surface area contributed by atoms with Gasteiger partial charge in [-0.25, -0.2) is 9.97 Å². The summed E-state index contributed by atoms with van der Waals surface area (Å²) < 4.78 is 5.74. The van der Waals surface area contributed by atoms with Crippen LogP contribution in [0, 0.1) is 6.92 Å². The van der Waals surface area contributed by atoms with Crippen molar-refractivity contribution >= 4 is 45.4 Å². The predicted octanol–water partition coefficient (Wildman–Crippen LogP) is 4.94. The first-order valence-corrected chi connectivity index (χ1v) is 13.1. The van der Waals surface area contributed by atoms with Gasteiger partial charge in [0.2, 0.25) is 5.95 Å². The molecule has 4 heterocycles. The van der Waals surface area contributed by atoms with Crippen LogP contribution < -0.4 is 19.9 Å². The third-order valence-corrected chi connectivity index (χ3v) is 8.00. The first kappa shape index (κ1) is 24.5. The van der Waals surface area contributed by atoms with E-state index < -0.39 is 0 Å². The Morgan fingerprint density at radius 3 is 2.61 bits per heavy atom. The fraction of sp³-hybridized carbons (Fsp3) is 0.462. The number of benzene rings is 1. The molecule has 1 aromatic carbocycles. The molecule has 2 aliphatic heterocycles. The maximum absolute atomic E-state index is 13.4. The minimum atomic E-state index is -0.134. The molecule has 1 fully saturated rings. The Morgan fingerprint density at radius 1 is 1.17 bits per heavy atom. The number of fused-ring (bicyclic) bond motifs is 2. The van der Waals surface area contributed by atoms with Gasteiger partial charge in [0.05, 0.1) is 24.0 Å². The Bertz CT molecular complexity index is 1280. The van der Waals surface area contributed by atoms with Crippen LogP contribution >= 0.6 is 11.3 Å². The molecular weight excluding hydrogens is 474 g/mol. The summed E-state index contributed by atoms with van der Waals surface area (Å²) in [4.78, 5) is 33.4. The topological polar surface area (TPSA) is 86.7 Å². The number of hydrogen-bond donors (Lipinski definition) is 1. The molecule has 0 atom stereocenters. The van der Waals surface area contributed by atoms with Crippen LogP contribution in [-0.2, 0) is 0 Å². The number of piperidine rings is 1. The van der Waals surface area contributed by atoms with Gasteiger partial charge in [-0.3, -0.25) is 9.69 Å². The average molecular weight is 508 g/mol. The number of nitrogens with one attached hydrogen (secondary N) is 1. The number of ether oxygens (including phenoxy) is 1. The Labute approximate surface area is 216 Å². The molecule has 3 aromatic rings. The van der Waals surface area contributed by atoms with Crippen molar-refractivity contribution in [3.8, 4) is 5.75 Å². The number of carbonyl (C=O) groups excluding carboxylic acids is 1. The van der Waals surface area contributed by atoms with Crippen LogP contribution in [0.25, 0.3) is 0 Å². The number of aromatic nitrogens is 3. The number of carbonyl (C=O) groups is 1. The number of anilines is 5. The number of nitrogens with zero attached hydrogens (tertiary/aromatic N) is 6. The van der Waals surface area contributed by atoms with Crippen LogP contribution in [0.4, 0.5) is 28.1 Å². The lowest BCUT2D eigenvalue weighted by Gasteiger charge is -2.29. The largest absolute Gasteiger partial charge is 0.495 e. The Kier molecular flexibility index (Phi) is 6.57. The van der Waals surface area contributed by atoms with E-state index in [4.69, 9.17) is 9.72 Å². The third kappa shape index (κ3) is 4.39. The zero-order valence-electron chi connectivity index (χ0n) is 21.7. The number of thiazole rings is 1. The Morgan fingerprint density at radius 2 is 1.92 bits per heavy atom. The molecular formula is C26H33N7O2S. The van der Waals surface area contributed by atoms with Gasteiger partial charge in [0.25, 0.3) is 5.91 Å². The van der Waals surface area contributed by atoms with Crippen molar-refractivity contribution in [1.82, 2.24) is 19.9 Å². The van der Waals surface area contributed by atoms with Gasteiger partial charge in [0, 0.05) is 13.1 Å². The highest BCUT2D eigenvalue weighted by atomic mass is 32.1. The van der Waals surface area contributed by atoms with Crippen LogP contribution in [0.5, 0.6) is 5.75 Å². The molecule has 0 saturated carbocycles. The lowest BCUT2D eigenvalue weighted by Crippen LogP contribution is -2.37. The van der Waals surface area contributed by atoms with E-state index in [0.717, 1.165) is 47.4 Å². The van der Waals surface area contributed by atoms with Crippen molar-refractivity contribution in [3.63, 3.8) is 0 Å². The molecule has 2 aliphatic rings. The second-order valence-electron chi connectivity index (χ2n) is 9.78. The summed E-state index contributed by atoms with van der Waals surface area (Å²) in [7, 11) is 5.78. The molecule has 0 radical (unpaired) electrons. The van der Waals surface area contributed by atoms with E-state index in [1.807, 2.05) is 38.8 Å². The van der Waals surface area contributed by atoms with E-state index in [-0.39, 0.29) is 11.9 Å². The maximum atomic E-state index is 13.4. The molecule has 1 amide bonds. The van der Waals surface area contributed by atoms with Crippen LogP contribution in [0.3, 0.4) is 0 Å². The zero-order valence-corrected chi connectivity index (χ0v) is 22.5. The molecule has 0 spiro atoms. The Hall–Kier alpha value is -3.24. The Balaban J connectivity index is 1.48. The number of rotatable bonds is 5. The first-order chi connectivity index (χ1) is 17.3. The van der Waals surface area contributed by atoms with Crippen molar-refractivity contribution in [2.75, 3.05) is 49.4 Å². The van der Waals surface area contributed by atoms with Gasteiger partial charge in [-0.1, -0.05) is 6.07 Å². The molecule has 0 bridgehead atoms. The monoisotopic (exact) mass is 507 g/mol. The number of amides is 1. The average Bonchev–Trinajstić information content (AvgIpc) is 3.23. The van der Waals surface area contributed by atoms with E-state index >= 15 is 0 Å². The molecule has 5 rings (SSSR count). The van der Waals surface area contributed by atoms with Crippen LogP contribution in [0.15, 0.2) is 24.4 Å². The molecule has 1 N–H and O–H groups in total. The highest BCUT2D eigenvalue weighted by Gasteiger charge is 2.35. The first-order valence-electron chi connectivity index (χ1n) is 12.3. The molecule has 1 saturated heterocycles. The van der Waals surface area contributed by atoms with Gasteiger partial charge in [0.1, 0.15) is 16.4 Å². The minimum Gasteiger partial charge on any atom is -0.495 e. The predicted molar refractivity (Wildman–Crippen MR) is 145 cm³/mol. The normalized spacial score (nSPS) is 16.7. The summed E-state index contributed by atoms with van der Waals surface area (Å²) in [5.41, 5.74) is 3.21. The fourth-order valence-electron chi connectivity index (χ4n) is 4.99. The van der Waals surface area contributed by atoms with Crippen LogP contribution in [-0.4, -0.2) is 66.1 Å². The highest BCUT2D eigenvalue weighted by molar-refractivity contribution is 7.16. The summed E-state index contributed by atoms with van der Waals surface area (Å²) in [5, 5.41) is 4.96. The number of likely N-dealkylation sites (tertiary alicyclic amines) is 1. The summed E-state index contributed by atoms with van der Waals surface area (Å²) in [6.45, 7) is 8.10. The van der Waals surface area contributed by atoms with Gasteiger partial charge in [0.15, 0.2) is 11.5 Å². The van der Waals surface area contributed by atoms with Crippen molar-refractivity contribution < 1.29 is 9.53 Å². The van der Waals surface area contributed by atoms with Crippen LogP contribution in [0.1, 0.15) is 53.7 Å². The van der Waals surface area contributed by atoms with Crippen molar-refractivity contribution in [2.45, 2.75) is 45.6 Å². The quantitative estimate of drug-likeness (QED) is 0.520. The van der Waals surface area contributed by atoms with E-state index in [1.165, 1.54) is 16.9 Å². The number of aryl methyl sites for hydroxylation is 1. The fourth-order valence-corrected chi connectivity index (χ4v) is 5.86. The lowest BCUT2D eigenvalue weighted by atomic mass is 9.89. The van der Waals surface area contributed by atoms with E-state index in [2.05, 4.69) is 39.4 Å². The number of methoxy groups -OCH3 is 1. The van der Waals surface area contributed by atoms with E-state index in [1.54, 1.807) is 18.2 Å². The van der Waals surface area contributed by atoms with Gasteiger partial charge >= 0.3 is 0 Å². The van der Waals surface area contributed by atoms with Crippen molar-refractivity contribution in [1.29, 1.82) is 0 Å². The summed E-state index contributed by atoms with van der Waals surface area (Å²) in [6.07, 6.45) is 4.01. The zero-order chi connectivity index (χ0) is 25.6. The van der Waals surface area contributed by atoms with Crippen LogP contribution in [0.2, 0.25) is 0 Å². The second-order valence-corrected chi connectivity index (χ2v) is 11.0. The standard InChI is InChI=1S/C26H33N7O2S/c1-15(2)33-20-14-27-26(30-23(20)32(5)25-22(24(33)34)28-16(3)36-25)29-19-8-7-18(13-21(19)35-6)17-9-11-31(4)12-10-17/h7-8,13-15,17H,9-12H2,1-6H3,(H,27,29,30). The molecule has 0 unspecified atom stereocenters. The lowest BCUT2D eigenvalue weighted by molar-refractivity contribution is 0.0977. The third-order valence-electron chi connectivity index (χ3n) is 6.95. The minimum absolute atomic E-state index is 0.0766. The highest BCUT2D eigenvalue weighted by Crippen LogP contribution is 2.42. The number of hydrogen-bond acceptors (Lipinski definition) is 9. The smallest absolute Gasteiger partial charge is 0.280 e. The molecule has 190 valence electrons. The molecule has 0 aliphatic carbocycles. The maximum Gasteiger partial charge on any atom is 0.280 e. The second kappa shape index (κ2) is 9.67. The molecule has 2 aromatic heterocycles. The van der Waals surface area contributed by atoms with Crippen molar-refractivity contribution in [3.05, 3.63) is 40.7 Å². The van der Waals surface area contributed by atoms with Crippen molar-refractivity contribution in [2.24, 2.45) is 0 Å². The molecule has 9 nitrogen and oxygen atoms in total. The van der Waals surface area contributed by atoms with E-state index in [0.29, 0.717) is 29.1 Å². The summed E-state index contributed by atoms with van der Waals surface area (Å²) in [6, 6.07) is 6.26.